The van der Waals surface area contributed by atoms with Crippen LogP contribution in [0.5, 0.6) is 0 Å². The van der Waals surface area contributed by atoms with Crippen LogP contribution >= 0.6 is 11.6 Å². The Labute approximate surface area is 197 Å². The first-order valence-electron chi connectivity index (χ1n) is 10.4. The van der Waals surface area contributed by atoms with E-state index in [1.54, 1.807) is 12.1 Å². The zero-order valence-corrected chi connectivity index (χ0v) is 19.6. The van der Waals surface area contributed by atoms with Crippen LogP contribution in [-0.2, 0) is 30.8 Å². The number of carbonyl (C=O) groups excluding carboxylic acids is 2. The number of amides is 2. The van der Waals surface area contributed by atoms with E-state index in [1.807, 2.05) is 12.1 Å². The molecule has 33 heavy (non-hydrogen) atoms. The lowest BCUT2D eigenvalue weighted by molar-refractivity contribution is -0.140. The van der Waals surface area contributed by atoms with Crippen molar-refractivity contribution in [3.8, 4) is 0 Å². The lowest BCUT2D eigenvalue weighted by atomic mass is 10.1. The van der Waals surface area contributed by atoms with E-state index in [1.165, 1.54) is 13.0 Å². The van der Waals surface area contributed by atoms with E-state index in [9.17, 15) is 22.4 Å². The summed E-state index contributed by atoms with van der Waals surface area (Å²) in [7, 11) is -3.99. The molecule has 1 heterocycles. The second-order valence-corrected chi connectivity index (χ2v) is 9.84. The Morgan fingerprint density at radius 3 is 2.55 bits per heavy atom. The molecule has 0 bridgehead atoms. The Morgan fingerprint density at radius 2 is 1.85 bits per heavy atom. The maximum Gasteiger partial charge on any atom is 0.309 e. The van der Waals surface area contributed by atoms with Crippen LogP contribution in [0, 0.1) is 12.7 Å². The molecule has 8 nitrogen and oxygen atoms in total. The van der Waals surface area contributed by atoms with Crippen molar-refractivity contribution >= 4 is 33.4 Å². The topological polar surface area (TPSA) is 105 Å². The number of benzene rings is 2. The molecule has 2 aromatic carbocycles. The molecule has 2 aromatic rings. The predicted octanol–water partition coefficient (Wildman–Crippen LogP) is 2.00. The van der Waals surface area contributed by atoms with Crippen molar-refractivity contribution in [2.24, 2.45) is 0 Å². The Kier molecular flexibility index (Phi) is 8.41. The van der Waals surface area contributed by atoms with Gasteiger partial charge in [0.25, 0.3) is 0 Å². The minimum atomic E-state index is -3.99. The van der Waals surface area contributed by atoms with Gasteiger partial charge in [-0.1, -0.05) is 23.7 Å². The summed E-state index contributed by atoms with van der Waals surface area (Å²) in [4.78, 5) is 24.2. The van der Waals surface area contributed by atoms with Crippen molar-refractivity contribution in [3.63, 3.8) is 0 Å². The molecule has 1 aliphatic heterocycles. The van der Waals surface area contributed by atoms with Gasteiger partial charge in [-0.2, -0.15) is 4.31 Å². The minimum Gasteiger partial charge on any atom is -0.360 e. The Balaban J connectivity index is 1.56. The van der Waals surface area contributed by atoms with Gasteiger partial charge in [-0.25, -0.2) is 12.8 Å². The molecule has 0 unspecified atom stereocenters. The van der Waals surface area contributed by atoms with Gasteiger partial charge >= 0.3 is 11.8 Å². The van der Waals surface area contributed by atoms with Gasteiger partial charge in [0.1, 0.15) is 12.0 Å². The number of nitrogens with one attached hydrogen (secondary N) is 2. The van der Waals surface area contributed by atoms with Crippen LogP contribution in [0.15, 0.2) is 47.4 Å². The van der Waals surface area contributed by atoms with Crippen molar-refractivity contribution in [3.05, 3.63) is 64.4 Å². The predicted molar refractivity (Wildman–Crippen MR) is 121 cm³/mol. The molecule has 0 radical (unpaired) electrons. The zero-order chi connectivity index (χ0) is 24.0. The molecule has 1 aliphatic rings. The molecule has 3 rings (SSSR count). The van der Waals surface area contributed by atoms with Crippen LogP contribution in [0.2, 0.25) is 5.02 Å². The van der Waals surface area contributed by atoms with Gasteiger partial charge < -0.3 is 15.4 Å². The largest absolute Gasteiger partial charge is 0.360 e. The van der Waals surface area contributed by atoms with Crippen LogP contribution in [0.4, 0.5) is 4.39 Å². The quantitative estimate of drug-likeness (QED) is 0.569. The van der Waals surface area contributed by atoms with Crippen LogP contribution in [0.25, 0.3) is 0 Å². The summed E-state index contributed by atoms with van der Waals surface area (Å²) in [5.74, 6) is -2.26. The van der Waals surface area contributed by atoms with E-state index in [4.69, 9.17) is 16.3 Å². The van der Waals surface area contributed by atoms with Gasteiger partial charge in [-0.3, -0.25) is 9.59 Å². The molecular weight excluding hydrogens is 473 g/mol. The summed E-state index contributed by atoms with van der Waals surface area (Å²) in [5, 5.41) is 5.56. The van der Waals surface area contributed by atoms with E-state index in [0.29, 0.717) is 24.5 Å². The van der Waals surface area contributed by atoms with Crippen molar-refractivity contribution in [2.75, 3.05) is 26.2 Å². The first-order chi connectivity index (χ1) is 15.7. The van der Waals surface area contributed by atoms with E-state index < -0.39 is 33.9 Å². The van der Waals surface area contributed by atoms with Crippen LogP contribution in [0.3, 0.4) is 0 Å². The number of hydrogen-bond acceptors (Lipinski definition) is 5. The lowest BCUT2D eigenvalue weighted by Crippen LogP contribution is -2.53. The van der Waals surface area contributed by atoms with Crippen molar-refractivity contribution in [1.82, 2.24) is 14.9 Å². The summed E-state index contributed by atoms with van der Waals surface area (Å²) in [6.07, 6.45) is -0.000837. The van der Waals surface area contributed by atoms with E-state index in [0.717, 1.165) is 22.0 Å². The van der Waals surface area contributed by atoms with Gasteiger partial charge in [-0.05, 0) is 61.2 Å². The average molecular weight is 498 g/mol. The monoisotopic (exact) mass is 497 g/mol. The number of nitrogens with zero attached hydrogens (tertiary/aromatic N) is 1. The first-order valence-corrected chi connectivity index (χ1v) is 12.2. The molecule has 0 aromatic heterocycles. The number of ether oxygens (including phenoxy) is 1. The van der Waals surface area contributed by atoms with Crippen molar-refractivity contribution in [2.45, 2.75) is 30.9 Å². The molecule has 1 saturated heterocycles. The molecule has 0 saturated carbocycles. The first kappa shape index (κ1) is 25.1. The molecular formula is C22H25ClFN3O5S. The third-order valence-electron chi connectivity index (χ3n) is 5.13. The fraction of sp³-hybridized carbons (Fsp3) is 0.364. The van der Waals surface area contributed by atoms with Gasteiger partial charge in [0.05, 0.1) is 18.0 Å². The SMILES string of the molecule is Cc1cc(F)ccc1S(=O)(=O)N1CCCO[C@H]1CNC(=O)C(=O)NCCc1ccc(Cl)cc1. The number of aryl methyl sites for hydroxylation is 1. The Hall–Kier alpha value is -2.53. The number of hydrogen-bond donors (Lipinski definition) is 2. The molecule has 11 heteroatoms. The lowest BCUT2D eigenvalue weighted by Gasteiger charge is -2.34. The maximum atomic E-state index is 13.4. The van der Waals surface area contributed by atoms with E-state index in [2.05, 4.69) is 10.6 Å². The summed E-state index contributed by atoms with van der Waals surface area (Å²) < 4.78 is 46.4. The van der Waals surface area contributed by atoms with Crippen LogP contribution in [0.1, 0.15) is 17.5 Å². The van der Waals surface area contributed by atoms with Gasteiger partial charge in [0.15, 0.2) is 0 Å². The summed E-state index contributed by atoms with van der Waals surface area (Å²) >= 11 is 5.83. The number of carbonyl (C=O) groups is 2. The molecule has 2 N–H and O–H groups in total. The van der Waals surface area contributed by atoms with E-state index in [-0.39, 0.29) is 30.1 Å². The molecule has 178 valence electrons. The van der Waals surface area contributed by atoms with Crippen LogP contribution < -0.4 is 10.6 Å². The molecule has 0 aliphatic carbocycles. The van der Waals surface area contributed by atoms with Crippen LogP contribution in [-0.4, -0.2) is 57.0 Å². The number of rotatable bonds is 7. The normalized spacial score (nSPS) is 16.9. The summed E-state index contributed by atoms with van der Waals surface area (Å²) in [5.41, 5.74) is 1.22. The summed E-state index contributed by atoms with van der Waals surface area (Å²) in [6, 6.07) is 10.6. The average Bonchev–Trinajstić information content (AvgIpc) is 2.78. The second-order valence-electron chi connectivity index (χ2n) is 7.55. The van der Waals surface area contributed by atoms with Crippen molar-refractivity contribution < 1.29 is 27.1 Å². The summed E-state index contributed by atoms with van der Waals surface area (Å²) in [6.45, 7) is 2.03. The zero-order valence-electron chi connectivity index (χ0n) is 18.0. The third-order valence-corrected chi connectivity index (χ3v) is 7.43. The van der Waals surface area contributed by atoms with Gasteiger partial charge in [-0.15, -0.1) is 0 Å². The number of sulfonamides is 1. The highest BCUT2D eigenvalue weighted by Gasteiger charge is 2.35. The van der Waals surface area contributed by atoms with Gasteiger partial charge in [0.2, 0.25) is 10.0 Å². The van der Waals surface area contributed by atoms with E-state index >= 15 is 0 Å². The van der Waals surface area contributed by atoms with Crippen molar-refractivity contribution in [1.29, 1.82) is 0 Å². The second kappa shape index (κ2) is 11.1. The standard InChI is InChI=1S/C22H25ClFN3O5S/c1-15-13-18(24)7-8-19(15)33(30,31)27-11-2-12-32-20(27)14-26-22(29)21(28)25-10-9-16-3-5-17(23)6-4-16/h3-8,13,20H,2,9-12,14H2,1H3,(H,25,28)(H,26,29)/t20-/m0/s1. The van der Waals surface area contributed by atoms with Gasteiger partial charge in [0, 0.05) is 18.1 Å². The highest BCUT2D eigenvalue weighted by atomic mass is 35.5. The molecule has 1 atom stereocenters. The minimum absolute atomic E-state index is 0.0364. The molecule has 1 fully saturated rings. The molecule has 2 amide bonds. The number of halogens is 2. The smallest absolute Gasteiger partial charge is 0.309 e. The molecule has 0 spiro atoms. The Morgan fingerprint density at radius 1 is 1.15 bits per heavy atom. The fourth-order valence-corrected chi connectivity index (χ4v) is 5.34. The highest BCUT2D eigenvalue weighted by molar-refractivity contribution is 7.89. The maximum absolute atomic E-state index is 13.4. The third kappa shape index (κ3) is 6.50. The Bertz CT molecular complexity index is 1110. The fourth-order valence-electron chi connectivity index (χ4n) is 3.44. The highest BCUT2D eigenvalue weighted by Crippen LogP contribution is 2.25.